The van der Waals surface area contributed by atoms with Gasteiger partial charge in [0.15, 0.2) is 0 Å². The van der Waals surface area contributed by atoms with Crippen molar-refractivity contribution in [2.45, 2.75) is 58.6 Å². The number of carbonyl (C=O) groups is 2. The summed E-state index contributed by atoms with van der Waals surface area (Å²) in [5, 5.41) is 8.36. The molecule has 2 heterocycles. The highest BCUT2D eigenvalue weighted by molar-refractivity contribution is 7.12. The van der Waals surface area contributed by atoms with Gasteiger partial charge in [0.25, 0.3) is 5.91 Å². The van der Waals surface area contributed by atoms with Gasteiger partial charge in [-0.3, -0.25) is 4.79 Å². The Morgan fingerprint density at radius 2 is 1.81 bits per heavy atom. The Bertz CT molecular complexity index is 878. The first-order valence-electron chi connectivity index (χ1n) is 10.9. The monoisotopic (exact) mass is 443 g/mol. The number of hydrogen-bond acceptors (Lipinski definition) is 5. The molecule has 1 aliphatic heterocycles. The fourth-order valence-electron chi connectivity index (χ4n) is 3.59. The molecule has 2 aromatic rings. The molecule has 6 nitrogen and oxygen atoms in total. The van der Waals surface area contributed by atoms with Gasteiger partial charge in [-0.25, -0.2) is 4.79 Å². The first kappa shape index (κ1) is 23.1. The van der Waals surface area contributed by atoms with Crippen molar-refractivity contribution in [3.8, 4) is 0 Å². The fourth-order valence-corrected chi connectivity index (χ4v) is 4.48. The standard InChI is InChI=1S/C24H33N3O3S/c1-17-12-16-31-21(17)22(28)27-14-10-20(11-15-27)26-19-7-5-18(6-8-19)9-13-25-23(29)30-24(2,3)4/h5-8,12,16,20,26H,9-11,13-15H2,1-4H3,(H,25,29). The van der Waals surface area contributed by atoms with Crippen molar-refractivity contribution in [1.82, 2.24) is 10.2 Å². The van der Waals surface area contributed by atoms with Crippen LogP contribution in [0.1, 0.15) is 54.4 Å². The van der Waals surface area contributed by atoms with E-state index in [0.29, 0.717) is 12.6 Å². The van der Waals surface area contributed by atoms with Crippen molar-refractivity contribution >= 4 is 29.0 Å². The van der Waals surface area contributed by atoms with Crippen LogP contribution in [0.2, 0.25) is 0 Å². The third-order valence-electron chi connectivity index (χ3n) is 5.25. The summed E-state index contributed by atoms with van der Waals surface area (Å²) < 4.78 is 5.24. The molecular weight excluding hydrogens is 410 g/mol. The maximum atomic E-state index is 12.7. The van der Waals surface area contributed by atoms with Crippen molar-refractivity contribution in [3.63, 3.8) is 0 Å². The van der Waals surface area contributed by atoms with Crippen LogP contribution in [-0.4, -0.2) is 48.2 Å². The molecule has 0 saturated carbocycles. The normalized spacial score (nSPS) is 14.9. The van der Waals surface area contributed by atoms with Gasteiger partial charge >= 0.3 is 6.09 Å². The second-order valence-electron chi connectivity index (χ2n) is 9.02. The zero-order chi connectivity index (χ0) is 22.4. The molecule has 168 valence electrons. The Morgan fingerprint density at radius 1 is 1.13 bits per heavy atom. The van der Waals surface area contributed by atoms with E-state index in [1.165, 1.54) is 11.3 Å². The summed E-state index contributed by atoms with van der Waals surface area (Å²) in [6, 6.07) is 10.7. The number of nitrogens with one attached hydrogen (secondary N) is 2. The number of alkyl carbamates (subject to hydrolysis) is 1. The summed E-state index contributed by atoms with van der Waals surface area (Å²) in [4.78, 5) is 27.2. The van der Waals surface area contributed by atoms with Crippen LogP contribution in [0.3, 0.4) is 0 Å². The van der Waals surface area contributed by atoms with E-state index in [9.17, 15) is 9.59 Å². The van der Waals surface area contributed by atoms with E-state index >= 15 is 0 Å². The molecular formula is C24H33N3O3S. The Hall–Kier alpha value is -2.54. The second-order valence-corrected chi connectivity index (χ2v) is 9.94. The van der Waals surface area contributed by atoms with Crippen LogP contribution in [0.5, 0.6) is 0 Å². The molecule has 0 radical (unpaired) electrons. The molecule has 31 heavy (non-hydrogen) atoms. The van der Waals surface area contributed by atoms with Gasteiger partial charge in [0.2, 0.25) is 0 Å². The number of aryl methyl sites for hydroxylation is 1. The van der Waals surface area contributed by atoms with Crippen LogP contribution < -0.4 is 10.6 Å². The summed E-state index contributed by atoms with van der Waals surface area (Å²) >= 11 is 1.53. The summed E-state index contributed by atoms with van der Waals surface area (Å²) in [5.41, 5.74) is 2.83. The van der Waals surface area contributed by atoms with Crippen LogP contribution >= 0.6 is 11.3 Å². The lowest BCUT2D eigenvalue weighted by Crippen LogP contribution is -2.42. The maximum absolute atomic E-state index is 12.7. The third-order valence-corrected chi connectivity index (χ3v) is 6.25. The lowest BCUT2D eigenvalue weighted by atomic mass is 10.0. The summed E-state index contributed by atoms with van der Waals surface area (Å²) in [5.74, 6) is 0.162. The largest absolute Gasteiger partial charge is 0.444 e. The third kappa shape index (κ3) is 6.99. The van der Waals surface area contributed by atoms with Gasteiger partial charge in [-0.1, -0.05) is 12.1 Å². The van der Waals surface area contributed by atoms with Crippen molar-refractivity contribution in [2.24, 2.45) is 0 Å². The minimum absolute atomic E-state index is 0.162. The van der Waals surface area contributed by atoms with Crippen LogP contribution in [0.15, 0.2) is 35.7 Å². The van der Waals surface area contributed by atoms with E-state index in [2.05, 4.69) is 34.9 Å². The molecule has 0 atom stereocenters. The van der Waals surface area contributed by atoms with Gasteiger partial charge in [0, 0.05) is 31.4 Å². The highest BCUT2D eigenvalue weighted by Gasteiger charge is 2.25. The zero-order valence-corrected chi connectivity index (χ0v) is 19.7. The lowest BCUT2D eigenvalue weighted by Gasteiger charge is -2.33. The SMILES string of the molecule is Cc1ccsc1C(=O)N1CCC(Nc2ccc(CCNC(=O)OC(C)(C)C)cc2)CC1. The van der Waals surface area contributed by atoms with Gasteiger partial charge < -0.3 is 20.3 Å². The highest BCUT2D eigenvalue weighted by atomic mass is 32.1. The smallest absolute Gasteiger partial charge is 0.407 e. The molecule has 3 rings (SSSR count). The quantitative estimate of drug-likeness (QED) is 0.670. The van der Waals surface area contributed by atoms with Gasteiger partial charge in [0.1, 0.15) is 5.60 Å². The highest BCUT2D eigenvalue weighted by Crippen LogP contribution is 2.22. The van der Waals surface area contributed by atoms with E-state index < -0.39 is 5.60 Å². The second kappa shape index (κ2) is 10.2. The van der Waals surface area contributed by atoms with Crippen molar-refractivity contribution in [3.05, 3.63) is 51.7 Å². The van der Waals surface area contributed by atoms with Gasteiger partial charge in [-0.05, 0) is 81.7 Å². The zero-order valence-electron chi connectivity index (χ0n) is 18.9. The molecule has 0 aliphatic carbocycles. The molecule has 1 saturated heterocycles. The average molecular weight is 444 g/mol. The maximum Gasteiger partial charge on any atom is 0.407 e. The Balaban J connectivity index is 1.40. The summed E-state index contributed by atoms with van der Waals surface area (Å²) in [7, 11) is 0. The van der Waals surface area contributed by atoms with Crippen molar-refractivity contribution < 1.29 is 14.3 Å². The van der Waals surface area contributed by atoms with Crippen LogP contribution in [0.4, 0.5) is 10.5 Å². The van der Waals surface area contributed by atoms with Gasteiger partial charge in [-0.2, -0.15) is 0 Å². The molecule has 1 fully saturated rings. The number of thiophene rings is 1. The first-order chi connectivity index (χ1) is 14.7. The number of rotatable bonds is 6. The van der Waals surface area contributed by atoms with Crippen molar-refractivity contribution in [1.29, 1.82) is 0 Å². The van der Waals surface area contributed by atoms with Crippen LogP contribution in [0.25, 0.3) is 0 Å². The number of hydrogen-bond donors (Lipinski definition) is 2. The minimum atomic E-state index is -0.482. The minimum Gasteiger partial charge on any atom is -0.444 e. The predicted octanol–water partition coefficient (Wildman–Crippen LogP) is 4.84. The molecule has 2 N–H and O–H groups in total. The van der Waals surface area contributed by atoms with E-state index in [-0.39, 0.29) is 12.0 Å². The Labute approximate surface area is 189 Å². The Morgan fingerprint density at radius 3 is 2.39 bits per heavy atom. The molecule has 0 unspecified atom stereocenters. The number of ether oxygens (including phenoxy) is 1. The van der Waals surface area contributed by atoms with Crippen LogP contribution in [0, 0.1) is 6.92 Å². The van der Waals surface area contributed by atoms with E-state index in [1.807, 2.05) is 44.0 Å². The molecule has 1 aliphatic rings. The van der Waals surface area contributed by atoms with Gasteiger partial charge in [0.05, 0.1) is 4.88 Å². The Kier molecular flexibility index (Phi) is 7.59. The molecule has 0 bridgehead atoms. The number of piperidine rings is 1. The van der Waals surface area contributed by atoms with E-state index in [1.54, 1.807) is 0 Å². The van der Waals surface area contributed by atoms with E-state index in [0.717, 1.165) is 54.0 Å². The van der Waals surface area contributed by atoms with Gasteiger partial charge in [-0.15, -0.1) is 11.3 Å². The van der Waals surface area contributed by atoms with Crippen LogP contribution in [-0.2, 0) is 11.2 Å². The number of carbonyl (C=O) groups excluding carboxylic acids is 2. The first-order valence-corrected chi connectivity index (χ1v) is 11.7. The summed E-state index contributed by atoms with van der Waals surface area (Å²) in [6.07, 6.45) is 2.25. The predicted molar refractivity (Wildman–Crippen MR) is 126 cm³/mol. The summed E-state index contributed by atoms with van der Waals surface area (Å²) in [6.45, 7) is 9.65. The topological polar surface area (TPSA) is 70.7 Å². The molecule has 0 spiro atoms. The molecule has 1 aromatic heterocycles. The lowest BCUT2D eigenvalue weighted by molar-refractivity contribution is 0.0528. The average Bonchev–Trinajstić information content (AvgIpc) is 3.14. The fraction of sp³-hybridized carbons (Fsp3) is 0.500. The number of nitrogens with zero attached hydrogens (tertiary/aromatic N) is 1. The number of amides is 2. The number of benzene rings is 1. The van der Waals surface area contributed by atoms with E-state index in [4.69, 9.17) is 4.74 Å². The molecule has 7 heteroatoms. The number of anilines is 1. The number of likely N-dealkylation sites (tertiary alicyclic amines) is 1. The van der Waals surface area contributed by atoms with Crippen molar-refractivity contribution in [2.75, 3.05) is 25.0 Å². The molecule has 2 amide bonds. The molecule has 1 aromatic carbocycles.